The second-order valence-electron chi connectivity index (χ2n) is 5.52. The van der Waals surface area contributed by atoms with E-state index in [2.05, 4.69) is 4.90 Å². The van der Waals surface area contributed by atoms with Gasteiger partial charge in [0.25, 0.3) is 0 Å². The molecule has 0 aromatic heterocycles. The maximum atomic E-state index is 10.2. The summed E-state index contributed by atoms with van der Waals surface area (Å²) >= 11 is 0. The van der Waals surface area contributed by atoms with Crippen molar-refractivity contribution >= 4 is 17.1 Å². The molecule has 0 aliphatic carbocycles. The molecular weight excluding hydrogens is 306 g/mol. The first-order chi connectivity index (χ1) is 11.6. The number of anilines is 3. The molecule has 130 valence electrons. The maximum absolute atomic E-state index is 10.2. The van der Waals surface area contributed by atoms with Gasteiger partial charge in [0.1, 0.15) is 5.75 Å². The number of nitrogens with two attached hydrogens (primary N) is 2. The molecule has 0 heterocycles. The van der Waals surface area contributed by atoms with Crippen LogP contribution >= 0.6 is 0 Å². The Morgan fingerprint density at radius 3 is 2.17 bits per heavy atom. The van der Waals surface area contributed by atoms with E-state index in [9.17, 15) is 5.11 Å². The third-order valence-corrected chi connectivity index (χ3v) is 3.84. The van der Waals surface area contributed by atoms with Crippen LogP contribution in [0.5, 0.6) is 5.75 Å². The van der Waals surface area contributed by atoms with Crippen molar-refractivity contribution < 1.29 is 14.6 Å². The molecule has 24 heavy (non-hydrogen) atoms. The van der Waals surface area contributed by atoms with Crippen molar-refractivity contribution in [2.75, 3.05) is 56.9 Å². The fourth-order valence-electron chi connectivity index (χ4n) is 2.52. The highest BCUT2D eigenvalue weighted by molar-refractivity contribution is 5.84. The summed E-state index contributed by atoms with van der Waals surface area (Å²) in [4.78, 5) is 2.16. The summed E-state index contributed by atoms with van der Waals surface area (Å²) in [6, 6.07) is 10.8. The minimum atomic E-state index is 0.110. The molecule has 2 aromatic rings. The molecule has 0 atom stereocenters. The Morgan fingerprint density at radius 1 is 0.917 bits per heavy atom. The predicted molar refractivity (Wildman–Crippen MR) is 98.3 cm³/mol. The lowest BCUT2D eigenvalue weighted by atomic mass is 10.0. The highest BCUT2D eigenvalue weighted by Crippen LogP contribution is 2.36. The topological polar surface area (TPSA) is 94.0 Å². The van der Waals surface area contributed by atoms with Crippen LogP contribution in [0, 0.1) is 0 Å². The van der Waals surface area contributed by atoms with Gasteiger partial charge in [-0.2, -0.15) is 0 Å². The van der Waals surface area contributed by atoms with Crippen LogP contribution in [-0.4, -0.2) is 45.6 Å². The van der Waals surface area contributed by atoms with Gasteiger partial charge in [-0.25, -0.2) is 0 Å². The Labute approximate surface area is 142 Å². The van der Waals surface area contributed by atoms with Gasteiger partial charge >= 0.3 is 0 Å². The van der Waals surface area contributed by atoms with Gasteiger partial charge in [-0.15, -0.1) is 0 Å². The van der Waals surface area contributed by atoms with Crippen LogP contribution in [0.2, 0.25) is 0 Å². The summed E-state index contributed by atoms with van der Waals surface area (Å²) in [5.74, 6) is 0.110. The Morgan fingerprint density at radius 2 is 1.58 bits per heavy atom. The number of benzene rings is 2. The lowest BCUT2D eigenvalue weighted by Crippen LogP contribution is -2.30. The lowest BCUT2D eigenvalue weighted by molar-refractivity contribution is 0.190. The number of hydrogen-bond donors (Lipinski definition) is 3. The highest BCUT2D eigenvalue weighted by Gasteiger charge is 2.12. The Bertz CT molecular complexity index is 669. The molecule has 5 N–H and O–H groups in total. The molecule has 6 nitrogen and oxygen atoms in total. The van der Waals surface area contributed by atoms with E-state index in [0.29, 0.717) is 30.2 Å². The van der Waals surface area contributed by atoms with Crippen LogP contribution in [0.4, 0.5) is 17.1 Å². The zero-order chi connectivity index (χ0) is 17.5. The van der Waals surface area contributed by atoms with E-state index in [1.54, 1.807) is 26.4 Å². The van der Waals surface area contributed by atoms with Crippen LogP contribution in [0.25, 0.3) is 11.1 Å². The first-order valence-corrected chi connectivity index (χ1v) is 7.78. The fraction of sp³-hybridized carbons (Fsp3) is 0.333. The normalized spacial score (nSPS) is 10.8. The number of nitrogen functional groups attached to an aromatic ring is 2. The molecule has 0 unspecified atom stereocenters. The molecule has 0 fully saturated rings. The van der Waals surface area contributed by atoms with Gasteiger partial charge < -0.3 is 30.9 Å². The Balaban J connectivity index is 2.38. The molecule has 2 aromatic carbocycles. The van der Waals surface area contributed by atoms with Crippen molar-refractivity contribution in [3.63, 3.8) is 0 Å². The molecule has 0 saturated heterocycles. The van der Waals surface area contributed by atoms with Crippen LogP contribution in [0.3, 0.4) is 0 Å². The highest BCUT2D eigenvalue weighted by atomic mass is 16.5. The molecule has 0 bridgehead atoms. The smallest absolute Gasteiger partial charge is 0.125 e. The van der Waals surface area contributed by atoms with Gasteiger partial charge in [-0.05, 0) is 30.3 Å². The number of rotatable bonds is 8. The van der Waals surface area contributed by atoms with Gasteiger partial charge in [0, 0.05) is 61.6 Å². The maximum Gasteiger partial charge on any atom is 0.125 e. The molecule has 0 aliphatic rings. The molecule has 0 saturated carbocycles. The molecule has 6 heteroatoms. The summed E-state index contributed by atoms with van der Waals surface area (Å²) in [6.45, 7) is 2.68. The summed E-state index contributed by atoms with van der Waals surface area (Å²) in [6.07, 6.45) is 0. The minimum Gasteiger partial charge on any atom is -0.507 e. The van der Waals surface area contributed by atoms with Crippen LogP contribution in [0.15, 0.2) is 36.4 Å². The molecule has 0 spiro atoms. The standard InChI is InChI=1S/C18H25N3O3/c1-23-9-7-21(8-10-24-2)14-4-6-17(20)16(12-14)15-5-3-13(19)11-18(15)22/h3-6,11-12,22H,7-10,19-20H2,1-2H3. The SMILES string of the molecule is COCCN(CCOC)c1ccc(N)c(-c2ccc(N)cc2O)c1. The summed E-state index contributed by atoms with van der Waals surface area (Å²) < 4.78 is 10.4. The van der Waals surface area contributed by atoms with Crippen LogP contribution in [-0.2, 0) is 9.47 Å². The second-order valence-corrected chi connectivity index (χ2v) is 5.52. The summed E-state index contributed by atoms with van der Waals surface area (Å²) in [5.41, 5.74) is 15.3. The largest absolute Gasteiger partial charge is 0.507 e. The average molecular weight is 331 g/mol. The van der Waals surface area contributed by atoms with Crippen molar-refractivity contribution in [2.24, 2.45) is 0 Å². The number of hydrogen-bond acceptors (Lipinski definition) is 6. The van der Waals surface area contributed by atoms with E-state index in [0.717, 1.165) is 24.3 Å². The average Bonchev–Trinajstić information content (AvgIpc) is 2.56. The van der Waals surface area contributed by atoms with E-state index in [1.165, 1.54) is 6.07 Å². The Kier molecular flexibility index (Phi) is 6.28. The van der Waals surface area contributed by atoms with E-state index in [1.807, 2.05) is 18.2 Å². The van der Waals surface area contributed by atoms with Gasteiger partial charge in [-0.1, -0.05) is 0 Å². The number of aromatic hydroxyl groups is 1. The zero-order valence-electron chi connectivity index (χ0n) is 14.2. The van der Waals surface area contributed by atoms with Crippen LogP contribution < -0.4 is 16.4 Å². The monoisotopic (exact) mass is 331 g/mol. The third kappa shape index (κ3) is 4.31. The summed E-state index contributed by atoms with van der Waals surface area (Å²) in [7, 11) is 3.35. The van der Waals surface area contributed by atoms with Crippen molar-refractivity contribution in [2.45, 2.75) is 0 Å². The van der Waals surface area contributed by atoms with E-state index < -0.39 is 0 Å². The Hall–Kier alpha value is -2.44. The summed E-state index contributed by atoms with van der Waals surface area (Å²) in [5, 5.41) is 10.2. The van der Waals surface area contributed by atoms with Crippen LogP contribution in [0.1, 0.15) is 0 Å². The second kappa shape index (κ2) is 8.42. The number of ether oxygens (including phenoxy) is 2. The quantitative estimate of drug-likeness (QED) is 0.643. The number of phenolic OH excluding ortho intramolecular Hbond substituents is 1. The van der Waals surface area contributed by atoms with Gasteiger partial charge in [0.05, 0.1) is 13.2 Å². The third-order valence-electron chi connectivity index (χ3n) is 3.84. The number of phenols is 1. The lowest BCUT2D eigenvalue weighted by Gasteiger charge is -2.25. The molecule has 2 rings (SSSR count). The molecule has 0 aliphatic heterocycles. The first-order valence-electron chi connectivity index (χ1n) is 7.78. The number of methoxy groups -OCH3 is 2. The zero-order valence-corrected chi connectivity index (χ0v) is 14.2. The number of nitrogens with zero attached hydrogens (tertiary/aromatic N) is 1. The molecule has 0 amide bonds. The van der Waals surface area contributed by atoms with Crippen molar-refractivity contribution in [1.82, 2.24) is 0 Å². The van der Waals surface area contributed by atoms with E-state index in [-0.39, 0.29) is 5.75 Å². The van der Waals surface area contributed by atoms with Gasteiger partial charge in [0.2, 0.25) is 0 Å². The van der Waals surface area contributed by atoms with Crippen molar-refractivity contribution in [1.29, 1.82) is 0 Å². The van der Waals surface area contributed by atoms with E-state index >= 15 is 0 Å². The van der Waals surface area contributed by atoms with Crippen molar-refractivity contribution in [3.05, 3.63) is 36.4 Å². The van der Waals surface area contributed by atoms with Gasteiger partial charge in [-0.3, -0.25) is 0 Å². The van der Waals surface area contributed by atoms with Gasteiger partial charge in [0.15, 0.2) is 0 Å². The minimum absolute atomic E-state index is 0.110. The van der Waals surface area contributed by atoms with E-state index in [4.69, 9.17) is 20.9 Å². The first kappa shape index (κ1) is 17.9. The predicted octanol–water partition coefficient (Wildman–Crippen LogP) is 2.32. The van der Waals surface area contributed by atoms with Crippen molar-refractivity contribution in [3.8, 4) is 16.9 Å². The molecular formula is C18H25N3O3. The molecule has 0 radical (unpaired) electrons. The fourth-order valence-corrected chi connectivity index (χ4v) is 2.52.